The third-order valence-electron chi connectivity index (χ3n) is 3.01. The van der Waals surface area contributed by atoms with E-state index in [1.54, 1.807) is 43.3 Å². The van der Waals surface area contributed by atoms with E-state index in [0.29, 0.717) is 26.9 Å². The number of aliphatic hydroxyl groups excluding tert-OH is 1. The van der Waals surface area contributed by atoms with E-state index < -0.39 is 6.10 Å². The fourth-order valence-electron chi connectivity index (χ4n) is 1.90. The van der Waals surface area contributed by atoms with E-state index in [0.717, 1.165) is 0 Å². The molecule has 0 amide bonds. The van der Waals surface area contributed by atoms with Gasteiger partial charge in [0.1, 0.15) is 5.75 Å². The average molecular weight is 325 g/mol. The van der Waals surface area contributed by atoms with Crippen LogP contribution >= 0.6 is 23.2 Å². The minimum Gasteiger partial charge on any atom is -0.482 e. The summed E-state index contributed by atoms with van der Waals surface area (Å²) in [4.78, 5) is 12.4. The van der Waals surface area contributed by atoms with Crippen LogP contribution in [-0.4, -0.2) is 17.0 Å². The Bertz CT molecular complexity index is 656. The molecular weight excluding hydrogens is 311 g/mol. The predicted molar refractivity (Wildman–Crippen MR) is 83.2 cm³/mol. The van der Waals surface area contributed by atoms with Gasteiger partial charge in [0.15, 0.2) is 6.10 Å². The number of carbonyl (C=O) groups excluding carboxylic acids is 1. The lowest BCUT2D eigenvalue weighted by molar-refractivity contribution is 0.0814. The Morgan fingerprint density at radius 3 is 2.62 bits per heavy atom. The first-order valence-corrected chi connectivity index (χ1v) is 7.13. The molecule has 0 heterocycles. The summed E-state index contributed by atoms with van der Waals surface area (Å²) < 4.78 is 5.64. The van der Waals surface area contributed by atoms with Gasteiger partial charge in [-0.05, 0) is 31.2 Å². The van der Waals surface area contributed by atoms with Crippen LogP contribution in [-0.2, 0) is 6.61 Å². The second-order valence-electron chi connectivity index (χ2n) is 4.51. The largest absolute Gasteiger partial charge is 0.482 e. The summed E-state index contributed by atoms with van der Waals surface area (Å²) in [7, 11) is 0. The summed E-state index contributed by atoms with van der Waals surface area (Å²) in [5.41, 5.74) is 0.981. The molecule has 2 aromatic carbocycles. The van der Waals surface area contributed by atoms with Gasteiger partial charge in [0.25, 0.3) is 0 Å². The molecule has 0 saturated carbocycles. The monoisotopic (exact) mass is 324 g/mol. The quantitative estimate of drug-likeness (QED) is 0.841. The van der Waals surface area contributed by atoms with Gasteiger partial charge in [-0.3, -0.25) is 4.79 Å². The number of carbonyl (C=O) groups is 1. The second-order valence-corrected chi connectivity index (χ2v) is 5.36. The van der Waals surface area contributed by atoms with Crippen molar-refractivity contribution in [3.63, 3.8) is 0 Å². The van der Waals surface area contributed by atoms with E-state index in [-0.39, 0.29) is 12.4 Å². The van der Waals surface area contributed by atoms with Crippen LogP contribution in [0.1, 0.15) is 22.8 Å². The van der Waals surface area contributed by atoms with Gasteiger partial charge in [-0.1, -0.05) is 41.4 Å². The summed E-state index contributed by atoms with van der Waals surface area (Å²) in [5, 5.41) is 10.0. The number of halogens is 2. The van der Waals surface area contributed by atoms with Crippen LogP contribution in [0.2, 0.25) is 10.0 Å². The number of Topliss-reactive ketones (excluding diaryl/α,β-unsaturated/α-hetero) is 1. The normalized spacial score (nSPS) is 12.0. The van der Waals surface area contributed by atoms with Crippen molar-refractivity contribution in [2.75, 3.05) is 0 Å². The Kier molecular flexibility index (Phi) is 5.23. The van der Waals surface area contributed by atoms with Crippen LogP contribution in [0, 0.1) is 0 Å². The molecule has 1 N–H and O–H groups in total. The van der Waals surface area contributed by atoms with E-state index in [9.17, 15) is 9.90 Å². The molecule has 1 unspecified atom stereocenters. The molecule has 3 nitrogen and oxygen atoms in total. The maximum atomic E-state index is 12.4. The smallest absolute Gasteiger partial charge is 0.204 e. The molecule has 0 aliphatic carbocycles. The lowest BCUT2D eigenvalue weighted by Gasteiger charge is -2.16. The number of hydrogen-bond donors (Lipinski definition) is 1. The molecule has 0 aliphatic rings. The Balaban J connectivity index is 2.19. The van der Waals surface area contributed by atoms with Gasteiger partial charge in [-0.2, -0.15) is 0 Å². The first-order chi connectivity index (χ1) is 10.0. The van der Waals surface area contributed by atoms with Crippen molar-refractivity contribution in [1.82, 2.24) is 0 Å². The SMILES string of the molecule is CC(Oc1ccccc1CO)C(=O)c1ccc(Cl)cc1Cl. The Morgan fingerprint density at radius 2 is 1.95 bits per heavy atom. The number of rotatable bonds is 5. The minimum atomic E-state index is -0.726. The highest BCUT2D eigenvalue weighted by molar-refractivity contribution is 6.37. The van der Waals surface area contributed by atoms with Gasteiger partial charge in [0.05, 0.1) is 11.6 Å². The fraction of sp³-hybridized carbons (Fsp3) is 0.188. The molecule has 0 saturated heterocycles. The molecule has 2 aromatic rings. The molecule has 0 spiro atoms. The highest BCUT2D eigenvalue weighted by Crippen LogP contribution is 2.24. The van der Waals surface area contributed by atoms with Crippen molar-refractivity contribution in [3.8, 4) is 5.75 Å². The summed E-state index contributed by atoms with van der Waals surface area (Å²) in [6.07, 6.45) is -0.726. The second kappa shape index (κ2) is 6.94. The minimum absolute atomic E-state index is 0.154. The highest BCUT2D eigenvalue weighted by Gasteiger charge is 2.20. The molecule has 5 heteroatoms. The number of ether oxygens (including phenoxy) is 1. The molecule has 21 heavy (non-hydrogen) atoms. The van der Waals surface area contributed by atoms with Gasteiger partial charge in [-0.25, -0.2) is 0 Å². The van der Waals surface area contributed by atoms with Gasteiger partial charge >= 0.3 is 0 Å². The molecule has 2 rings (SSSR count). The van der Waals surface area contributed by atoms with E-state index >= 15 is 0 Å². The lowest BCUT2D eigenvalue weighted by atomic mass is 10.1. The zero-order chi connectivity index (χ0) is 15.4. The fourth-order valence-corrected chi connectivity index (χ4v) is 2.40. The zero-order valence-electron chi connectivity index (χ0n) is 11.3. The van der Waals surface area contributed by atoms with Crippen LogP contribution in [0.5, 0.6) is 5.75 Å². The molecule has 0 fully saturated rings. The van der Waals surface area contributed by atoms with E-state index in [1.165, 1.54) is 6.07 Å². The lowest BCUT2D eigenvalue weighted by Crippen LogP contribution is -2.24. The third-order valence-corrected chi connectivity index (χ3v) is 3.56. The van der Waals surface area contributed by atoms with Gasteiger partial charge in [-0.15, -0.1) is 0 Å². The summed E-state index contributed by atoms with van der Waals surface area (Å²) in [6.45, 7) is 1.49. The predicted octanol–water partition coefficient (Wildman–Crippen LogP) is 4.14. The van der Waals surface area contributed by atoms with Crippen LogP contribution in [0.4, 0.5) is 0 Å². The number of ketones is 1. The van der Waals surface area contributed by atoms with E-state index in [4.69, 9.17) is 27.9 Å². The van der Waals surface area contributed by atoms with Crippen LogP contribution in [0.25, 0.3) is 0 Å². The topological polar surface area (TPSA) is 46.5 Å². The number of hydrogen-bond acceptors (Lipinski definition) is 3. The summed E-state index contributed by atoms with van der Waals surface area (Å²) >= 11 is 11.8. The highest BCUT2D eigenvalue weighted by atomic mass is 35.5. The number of aliphatic hydroxyl groups is 1. The first kappa shape index (κ1) is 15.8. The Labute approximate surface area is 133 Å². The van der Waals surface area contributed by atoms with Crippen molar-refractivity contribution in [2.45, 2.75) is 19.6 Å². The summed E-state index contributed by atoms with van der Waals surface area (Å²) in [6, 6.07) is 11.7. The standard InChI is InChI=1S/C16H14Cl2O3/c1-10(21-15-5-3-2-4-11(15)9-19)16(20)13-7-6-12(17)8-14(13)18/h2-8,10,19H,9H2,1H3. The van der Waals surface area contributed by atoms with Crippen molar-refractivity contribution in [1.29, 1.82) is 0 Å². The molecule has 0 aromatic heterocycles. The average Bonchev–Trinajstić information content (AvgIpc) is 2.47. The van der Waals surface area contributed by atoms with Gasteiger partial charge in [0.2, 0.25) is 5.78 Å². The van der Waals surface area contributed by atoms with E-state index in [2.05, 4.69) is 0 Å². The molecule has 0 aliphatic heterocycles. The van der Waals surface area contributed by atoms with Crippen LogP contribution < -0.4 is 4.74 Å². The van der Waals surface area contributed by atoms with Crippen LogP contribution in [0.15, 0.2) is 42.5 Å². The molecular formula is C16H14Cl2O3. The van der Waals surface area contributed by atoms with E-state index in [1.807, 2.05) is 0 Å². The van der Waals surface area contributed by atoms with Gasteiger partial charge < -0.3 is 9.84 Å². The van der Waals surface area contributed by atoms with Crippen molar-refractivity contribution in [3.05, 3.63) is 63.6 Å². The van der Waals surface area contributed by atoms with Crippen molar-refractivity contribution < 1.29 is 14.6 Å². The Hall–Kier alpha value is -1.55. The van der Waals surface area contributed by atoms with Crippen molar-refractivity contribution in [2.24, 2.45) is 0 Å². The first-order valence-electron chi connectivity index (χ1n) is 6.37. The maximum Gasteiger partial charge on any atom is 0.204 e. The molecule has 1 atom stereocenters. The third kappa shape index (κ3) is 3.76. The van der Waals surface area contributed by atoms with Gasteiger partial charge in [0, 0.05) is 16.1 Å². The van der Waals surface area contributed by atoms with Crippen molar-refractivity contribution >= 4 is 29.0 Å². The number of para-hydroxylation sites is 1. The number of benzene rings is 2. The summed E-state index contributed by atoms with van der Waals surface area (Å²) in [5.74, 6) is 0.232. The van der Waals surface area contributed by atoms with Crippen LogP contribution in [0.3, 0.4) is 0 Å². The molecule has 0 radical (unpaired) electrons. The zero-order valence-corrected chi connectivity index (χ0v) is 12.9. The maximum absolute atomic E-state index is 12.4. The Morgan fingerprint density at radius 1 is 1.24 bits per heavy atom. The molecule has 110 valence electrons. The molecule has 0 bridgehead atoms.